The van der Waals surface area contributed by atoms with Crippen molar-refractivity contribution in [3.05, 3.63) is 35.1 Å². The number of carbonyl (C=O) groups is 1. The fourth-order valence-corrected chi connectivity index (χ4v) is 1.03. The second kappa shape index (κ2) is 4.01. The number of alkyl halides is 6. The number of benzene rings is 1. The van der Waals surface area contributed by atoms with Crippen molar-refractivity contribution in [2.24, 2.45) is 0 Å². The van der Waals surface area contributed by atoms with Gasteiger partial charge in [-0.25, -0.2) is 4.39 Å². The molecule has 0 spiro atoms. The molecule has 17 heavy (non-hydrogen) atoms. The van der Waals surface area contributed by atoms with E-state index in [2.05, 4.69) is 0 Å². The maximum Gasteiger partial charge on any atom is 0.454 e. The van der Waals surface area contributed by atoms with Crippen molar-refractivity contribution >= 4 is 5.78 Å². The molecule has 0 aliphatic rings. The molecule has 8 heteroatoms. The fraction of sp³-hybridized carbons (Fsp3) is 0.222. The molecule has 0 saturated carbocycles. The molecule has 0 amide bonds. The third kappa shape index (κ3) is 2.95. The van der Waals surface area contributed by atoms with Crippen molar-refractivity contribution in [1.29, 1.82) is 0 Å². The van der Waals surface area contributed by atoms with Crippen LogP contribution in [0.3, 0.4) is 0 Å². The minimum atomic E-state index is -5.43. The summed E-state index contributed by atoms with van der Waals surface area (Å²) in [7, 11) is 0. The van der Waals surface area contributed by atoms with Crippen LogP contribution in [0.15, 0.2) is 18.2 Å². The van der Waals surface area contributed by atoms with Gasteiger partial charge in [-0.05, 0) is 18.2 Å². The highest BCUT2D eigenvalue weighted by Gasteiger charge is 2.42. The smallest absolute Gasteiger partial charge is 0.284 e. The molecule has 0 atom stereocenters. The lowest BCUT2D eigenvalue weighted by molar-refractivity contribution is -0.137. The van der Waals surface area contributed by atoms with Gasteiger partial charge in [-0.1, -0.05) is 0 Å². The third-order valence-corrected chi connectivity index (χ3v) is 1.80. The van der Waals surface area contributed by atoms with Crippen LogP contribution in [0.2, 0.25) is 0 Å². The summed E-state index contributed by atoms with van der Waals surface area (Å²) in [5.74, 6) is -4.30. The first kappa shape index (κ1) is 13.5. The van der Waals surface area contributed by atoms with E-state index in [1.54, 1.807) is 0 Å². The van der Waals surface area contributed by atoms with E-state index in [0.717, 1.165) is 0 Å². The van der Waals surface area contributed by atoms with E-state index in [1.807, 2.05) is 0 Å². The number of rotatable bonds is 1. The van der Waals surface area contributed by atoms with Gasteiger partial charge in [0.1, 0.15) is 5.82 Å². The van der Waals surface area contributed by atoms with Crippen molar-refractivity contribution in [3.63, 3.8) is 0 Å². The van der Waals surface area contributed by atoms with Crippen LogP contribution < -0.4 is 0 Å². The highest BCUT2D eigenvalue weighted by Crippen LogP contribution is 2.32. The Morgan fingerprint density at radius 1 is 1.00 bits per heavy atom. The van der Waals surface area contributed by atoms with Gasteiger partial charge in [0.25, 0.3) is 5.78 Å². The molecule has 0 aromatic heterocycles. The predicted octanol–water partition coefficient (Wildman–Crippen LogP) is 3.59. The molecule has 0 unspecified atom stereocenters. The number of hydrogen-bond donors (Lipinski definition) is 0. The Kier molecular flexibility index (Phi) is 3.17. The first-order valence-corrected chi connectivity index (χ1v) is 4.02. The van der Waals surface area contributed by atoms with E-state index in [-0.39, 0.29) is 18.2 Å². The molecule has 1 rings (SSSR count). The van der Waals surface area contributed by atoms with E-state index in [4.69, 9.17) is 0 Å². The Hall–Kier alpha value is -1.60. The zero-order valence-electron chi connectivity index (χ0n) is 7.79. The number of ketones is 1. The zero-order valence-corrected chi connectivity index (χ0v) is 7.79. The average molecular weight is 260 g/mol. The maximum absolute atomic E-state index is 12.9. The molecule has 0 heterocycles. The summed E-state index contributed by atoms with van der Waals surface area (Å²) in [6.45, 7) is 0. The molecule has 0 bridgehead atoms. The van der Waals surface area contributed by atoms with Crippen LogP contribution in [0.4, 0.5) is 30.7 Å². The molecule has 0 saturated heterocycles. The molecule has 1 nitrogen and oxygen atoms in total. The normalized spacial score (nSPS) is 12.6. The van der Waals surface area contributed by atoms with Gasteiger partial charge in [0.15, 0.2) is 0 Å². The average Bonchev–Trinajstić information content (AvgIpc) is 2.14. The van der Waals surface area contributed by atoms with Crippen LogP contribution in [0.25, 0.3) is 0 Å². The largest absolute Gasteiger partial charge is 0.454 e. The topological polar surface area (TPSA) is 17.1 Å². The van der Waals surface area contributed by atoms with Gasteiger partial charge in [0, 0.05) is 0 Å². The molecular formula is C9H3F7O. The Balaban J connectivity index is 3.30. The van der Waals surface area contributed by atoms with E-state index < -0.39 is 35.1 Å². The lowest BCUT2D eigenvalue weighted by atomic mass is 10.1. The summed E-state index contributed by atoms with van der Waals surface area (Å²) in [4.78, 5) is 10.6. The van der Waals surface area contributed by atoms with Gasteiger partial charge in [-0.2, -0.15) is 26.3 Å². The lowest BCUT2D eigenvalue weighted by Gasteiger charge is -2.10. The molecule has 0 aliphatic carbocycles. The first-order valence-electron chi connectivity index (χ1n) is 4.02. The van der Waals surface area contributed by atoms with E-state index in [9.17, 15) is 35.5 Å². The van der Waals surface area contributed by atoms with Crippen LogP contribution in [0.1, 0.15) is 15.9 Å². The second-order valence-electron chi connectivity index (χ2n) is 3.02. The van der Waals surface area contributed by atoms with Gasteiger partial charge in [0.2, 0.25) is 0 Å². The standard InChI is InChI=1S/C9H3F7O/c10-6-2-1-4(8(11,12)13)3-5(6)7(17)9(14,15)16/h1-3H. The number of carbonyl (C=O) groups excluding carboxylic acids is 1. The highest BCUT2D eigenvalue weighted by atomic mass is 19.4. The van der Waals surface area contributed by atoms with Crippen molar-refractivity contribution in [2.45, 2.75) is 12.4 Å². The van der Waals surface area contributed by atoms with Crippen LogP contribution in [-0.2, 0) is 6.18 Å². The molecule has 1 aromatic carbocycles. The predicted molar refractivity (Wildman–Crippen MR) is 41.8 cm³/mol. The summed E-state index contributed by atoms with van der Waals surface area (Å²) in [6.07, 6.45) is -10.4. The van der Waals surface area contributed by atoms with Crippen molar-refractivity contribution in [1.82, 2.24) is 0 Å². The summed E-state index contributed by atoms with van der Waals surface area (Å²) < 4.78 is 85.1. The Morgan fingerprint density at radius 3 is 1.94 bits per heavy atom. The van der Waals surface area contributed by atoms with Gasteiger partial charge in [-0.3, -0.25) is 4.79 Å². The summed E-state index contributed by atoms with van der Waals surface area (Å²) >= 11 is 0. The first-order chi connectivity index (χ1) is 7.53. The van der Waals surface area contributed by atoms with Crippen molar-refractivity contribution in [2.75, 3.05) is 0 Å². The van der Waals surface area contributed by atoms with Crippen LogP contribution in [-0.4, -0.2) is 12.0 Å². The van der Waals surface area contributed by atoms with Crippen LogP contribution in [0.5, 0.6) is 0 Å². The summed E-state index contributed by atoms with van der Waals surface area (Å²) in [5.41, 5.74) is -3.17. The Morgan fingerprint density at radius 2 is 1.53 bits per heavy atom. The van der Waals surface area contributed by atoms with Crippen LogP contribution in [0, 0.1) is 5.82 Å². The molecule has 1 aromatic rings. The molecular weight excluding hydrogens is 257 g/mol. The monoisotopic (exact) mass is 260 g/mol. The van der Waals surface area contributed by atoms with Gasteiger partial charge >= 0.3 is 12.4 Å². The summed E-state index contributed by atoms with van der Waals surface area (Å²) in [5, 5.41) is 0. The van der Waals surface area contributed by atoms with Gasteiger partial charge in [0.05, 0.1) is 11.1 Å². The number of hydrogen-bond acceptors (Lipinski definition) is 1. The van der Waals surface area contributed by atoms with Crippen molar-refractivity contribution < 1.29 is 35.5 Å². The zero-order chi connectivity index (χ0) is 13.4. The number of Topliss-reactive ketones (excluding diaryl/α,β-unsaturated/α-hetero) is 1. The van der Waals surface area contributed by atoms with Gasteiger partial charge in [-0.15, -0.1) is 0 Å². The SMILES string of the molecule is O=C(c1cc(C(F)(F)F)ccc1F)C(F)(F)F. The molecule has 0 N–H and O–H groups in total. The minimum Gasteiger partial charge on any atom is -0.284 e. The van der Waals surface area contributed by atoms with E-state index in [1.165, 1.54) is 0 Å². The fourth-order valence-electron chi connectivity index (χ4n) is 1.03. The molecule has 94 valence electrons. The van der Waals surface area contributed by atoms with E-state index in [0.29, 0.717) is 0 Å². The summed E-state index contributed by atoms with van der Waals surface area (Å²) in [6, 6.07) is 0.259. The molecule has 0 aliphatic heterocycles. The molecule has 0 fully saturated rings. The minimum absolute atomic E-state index is 0.162. The molecule has 0 radical (unpaired) electrons. The Bertz CT molecular complexity index is 444. The number of halogens is 7. The Labute approximate surface area is 89.8 Å². The van der Waals surface area contributed by atoms with Gasteiger partial charge < -0.3 is 0 Å². The van der Waals surface area contributed by atoms with Crippen LogP contribution >= 0.6 is 0 Å². The van der Waals surface area contributed by atoms with Crippen molar-refractivity contribution in [3.8, 4) is 0 Å². The quantitative estimate of drug-likeness (QED) is 0.557. The lowest BCUT2D eigenvalue weighted by Crippen LogP contribution is -2.24. The third-order valence-electron chi connectivity index (χ3n) is 1.80. The van der Waals surface area contributed by atoms with E-state index >= 15 is 0 Å². The maximum atomic E-state index is 12.9. The highest BCUT2D eigenvalue weighted by molar-refractivity contribution is 6.00. The second-order valence-corrected chi connectivity index (χ2v) is 3.02.